The Balaban J connectivity index is 2.10. The number of aromatic nitrogens is 2. The number of rotatable bonds is 5. The first kappa shape index (κ1) is 26.2. The van der Waals surface area contributed by atoms with E-state index in [0.717, 1.165) is 31.6 Å². The number of hydrogen-bond donors (Lipinski definition) is 0. The smallest absolute Gasteiger partial charge is 0.416 e. The van der Waals surface area contributed by atoms with Crippen LogP contribution in [0.15, 0.2) is 47.2 Å². The molecule has 0 saturated carbocycles. The Labute approximate surface area is 215 Å². The van der Waals surface area contributed by atoms with Crippen LogP contribution in [0.25, 0.3) is 16.8 Å². The highest BCUT2D eigenvalue weighted by Gasteiger charge is 2.42. The molecule has 0 radical (unpaired) electrons. The van der Waals surface area contributed by atoms with E-state index < -0.39 is 29.4 Å². The number of hydrogen-bond acceptors (Lipinski definition) is 5. The highest BCUT2D eigenvalue weighted by atomic mass is 79.9. The fraction of sp³-hybridized carbons (Fsp3) is 0.385. The van der Waals surface area contributed by atoms with Crippen LogP contribution in [0.2, 0.25) is 0 Å². The van der Waals surface area contributed by atoms with E-state index in [9.17, 15) is 18.0 Å². The van der Waals surface area contributed by atoms with Crippen LogP contribution < -0.4 is 4.74 Å². The lowest BCUT2D eigenvalue weighted by molar-refractivity contribution is -0.166. The van der Waals surface area contributed by atoms with Crippen LogP contribution in [0.3, 0.4) is 0 Å². The Kier molecular flexibility index (Phi) is 7.21. The first-order valence-electron chi connectivity index (χ1n) is 11.4. The number of aryl methyl sites for hydroxylation is 1. The van der Waals surface area contributed by atoms with Crippen molar-refractivity contribution in [2.24, 2.45) is 0 Å². The summed E-state index contributed by atoms with van der Waals surface area (Å²) in [6, 6.07) is 7.54. The normalized spacial score (nSPS) is 14.7. The van der Waals surface area contributed by atoms with Crippen molar-refractivity contribution in [3.8, 4) is 22.6 Å². The molecule has 0 aliphatic carbocycles. The van der Waals surface area contributed by atoms with Crippen LogP contribution in [0, 0.1) is 0 Å². The van der Waals surface area contributed by atoms with E-state index in [0.29, 0.717) is 28.1 Å². The molecule has 0 bridgehead atoms. The average Bonchev–Trinajstić information content (AvgIpc) is 3.25. The number of methoxy groups -OCH3 is 1. The standard InChI is InChI=1S/C26H26BrF3N2O4/c1-25(2,3)36-23(24(33)34-4)22-18(26(28,29)30)8-9-19(32-14-17(27)13-31-32)21(22)16-7-10-20-15(12-16)6-5-11-35-20/h7-10,12-14,23H,5-6,11H2,1-4H3. The monoisotopic (exact) mass is 566 g/mol. The minimum atomic E-state index is -4.77. The fourth-order valence-corrected chi connectivity index (χ4v) is 4.54. The van der Waals surface area contributed by atoms with Crippen molar-refractivity contribution in [2.75, 3.05) is 13.7 Å². The van der Waals surface area contributed by atoms with Gasteiger partial charge < -0.3 is 14.2 Å². The van der Waals surface area contributed by atoms with Gasteiger partial charge in [0, 0.05) is 17.3 Å². The summed E-state index contributed by atoms with van der Waals surface area (Å²) in [6.45, 7) is 5.58. The molecule has 10 heteroatoms. The summed E-state index contributed by atoms with van der Waals surface area (Å²) in [5.41, 5.74) is -0.381. The minimum absolute atomic E-state index is 0.174. The summed E-state index contributed by atoms with van der Waals surface area (Å²) in [5, 5.41) is 4.30. The lowest BCUT2D eigenvalue weighted by atomic mass is 9.88. The zero-order valence-electron chi connectivity index (χ0n) is 20.3. The van der Waals surface area contributed by atoms with Crippen LogP contribution in [0.5, 0.6) is 5.75 Å². The van der Waals surface area contributed by atoms with Gasteiger partial charge in [-0.2, -0.15) is 18.3 Å². The fourth-order valence-electron chi connectivity index (χ4n) is 4.26. The van der Waals surface area contributed by atoms with Crippen LogP contribution in [-0.2, 0) is 26.9 Å². The third kappa shape index (κ3) is 5.44. The maximum absolute atomic E-state index is 14.5. The molecule has 192 valence electrons. The SMILES string of the molecule is COC(=O)C(OC(C)(C)C)c1c(C(F)(F)F)ccc(-n2cc(Br)cn2)c1-c1ccc2c(c1)CCCO2. The third-order valence-corrected chi connectivity index (χ3v) is 6.08. The number of benzene rings is 2. The molecule has 0 fully saturated rings. The number of ether oxygens (including phenoxy) is 3. The summed E-state index contributed by atoms with van der Waals surface area (Å²) in [6.07, 6.45) is -1.73. The second-order valence-corrected chi connectivity index (χ2v) is 10.3. The average molecular weight is 567 g/mol. The van der Waals surface area contributed by atoms with Crippen molar-refractivity contribution in [1.82, 2.24) is 9.78 Å². The molecule has 2 heterocycles. The van der Waals surface area contributed by atoms with Crippen molar-refractivity contribution < 1.29 is 32.2 Å². The number of nitrogens with zero attached hydrogens (tertiary/aromatic N) is 2. The van der Waals surface area contributed by atoms with Crippen molar-refractivity contribution in [3.05, 3.63) is 63.9 Å². The van der Waals surface area contributed by atoms with Gasteiger partial charge in [-0.25, -0.2) is 9.48 Å². The zero-order chi connectivity index (χ0) is 26.3. The number of halogens is 4. The zero-order valence-corrected chi connectivity index (χ0v) is 21.9. The summed E-state index contributed by atoms with van der Waals surface area (Å²) in [7, 11) is 1.12. The van der Waals surface area contributed by atoms with E-state index in [1.165, 1.54) is 16.9 Å². The molecular formula is C26H26BrF3N2O4. The third-order valence-electron chi connectivity index (χ3n) is 5.67. The second-order valence-electron chi connectivity index (χ2n) is 9.43. The van der Waals surface area contributed by atoms with Gasteiger partial charge in [0.25, 0.3) is 0 Å². The predicted molar refractivity (Wildman–Crippen MR) is 131 cm³/mol. The lowest BCUT2D eigenvalue weighted by Crippen LogP contribution is -2.30. The molecular weight excluding hydrogens is 541 g/mol. The molecule has 1 aromatic heterocycles. The highest BCUT2D eigenvalue weighted by molar-refractivity contribution is 9.10. The Morgan fingerprint density at radius 3 is 2.56 bits per heavy atom. The van der Waals surface area contributed by atoms with E-state index in [1.54, 1.807) is 45.2 Å². The van der Waals surface area contributed by atoms with Crippen LogP contribution in [0.4, 0.5) is 13.2 Å². The molecule has 0 saturated heterocycles. The maximum atomic E-state index is 14.5. The van der Waals surface area contributed by atoms with E-state index in [1.807, 2.05) is 0 Å². The molecule has 0 amide bonds. The molecule has 0 N–H and O–H groups in total. The number of alkyl halides is 3. The Hall–Kier alpha value is -2.85. The minimum Gasteiger partial charge on any atom is -0.493 e. The van der Waals surface area contributed by atoms with E-state index >= 15 is 0 Å². The van der Waals surface area contributed by atoms with Crippen LogP contribution >= 0.6 is 15.9 Å². The Bertz CT molecular complexity index is 1280. The first-order chi connectivity index (χ1) is 16.9. The van der Waals surface area contributed by atoms with E-state index in [-0.39, 0.29) is 11.1 Å². The molecule has 1 atom stereocenters. The molecule has 3 aromatic rings. The van der Waals surface area contributed by atoms with Gasteiger partial charge in [-0.15, -0.1) is 0 Å². The van der Waals surface area contributed by atoms with Gasteiger partial charge in [-0.05, 0) is 84.9 Å². The lowest BCUT2D eigenvalue weighted by Gasteiger charge is -2.30. The maximum Gasteiger partial charge on any atom is 0.416 e. The van der Waals surface area contributed by atoms with Crippen molar-refractivity contribution in [1.29, 1.82) is 0 Å². The quantitative estimate of drug-likeness (QED) is 0.322. The highest BCUT2D eigenvalue weighted by Crippen LogP contribution is 2.46. The topological polar surface area (TPSA) is 62.6 Å². The number of esters is 1. The van der Waals surface area contributed by atoms with Gasteiger partial charge in [-0.1, -0.05) is 6.07 Å². The molecule has 6 nitrogen and oxygen atoms in total. The Morgan fingerprint density at radius 1 is 1.19 bits per heavy atom. The van der Waals surface area contributed by atoms with Gasteiger partial charge >= 0.3 is 12.1 Å². The Morgan fingerprint density at radius 2 is 1.94 bits per heavy atom. The molecule has 36 heavy (non-hydrogen) atoms. The summed E-state index contributed by atoms with van der Waals surface area (Å²) in [4.78, 5) is 13.0. The molecule has 1 unspecified atom stereocenters. The number of carbonyl (C=O) groups is 1. The molecule has 1 aliphatic rings. The van der Waals surface area contributed by atoms with Crippen molar-refractivity contribution >= 4 is 21.9 Å². The van der Waals surface area contributed by atoms with Gasteiger partial charge in [0.05, 0.1) is 41.2 Å². The number of carbonyl (C=O) groups excluding carboxylic acids is 1. The summed E-state index contributed by atoms with van der Waals surface area (Å²) in [5.74, 6) is -0.242. The van der Waals surface area contributed by atoms with Crippen molar-refractivity contribution in [2.45, 2.75) is 51.5 Å². The molecule has 4 rings (SSSR count). The van der Waals surface area contributed by atoms with Crippen LogP contribution in [-0.4, -0.2) is 35.1 Å². The number of fused-ring (bicyclic) bond motifs is 1. The molecule has 1 aliphatic heterocycles. The first-order valence-corrected chi connectivity index (χ1v) is 12.1. The predicted octanol–water partition coefficient (Wildman–Crippen LogP) is 6.67. The van der Waals surface area contributed by atoms with Gasteiger partial charge in [0.1, 0.15) is 5.75 Å². The second kappa shape index (κ2) is 9.89. The van der Waals surface area contributed by atoms with Crippen LogP contribution in [0.1, 0.15) is 50.0 Å². The van der Waals surface area contributed by atoms with E-state index in [4.69, 9.17) is 14.2 Å². The molecule has 2 aromatic carbocycles. The van der Waals surface area contributed by atoms with Gasteiger partial charge in [0.15, 0.2) is 6.10 Å². The van der Waals surface area contributed by atoms with Gasteiger partial charge in [-0.3, -0.25) is 0 Å². The molecule has 0 spiro atoms. The summed E-state index contributed by atoms with van der Waals surface area (Å²) < 4.78 is 62.1. The summed E-state index contributed by atoms with van der Waals surface area (Å²) >= 11 is 3.35. The van der Waals surface area contributed by atoms with Crippen molar-refractivity contribution in [3.63, 3.8) is 0 Å². The van der Waals surface area contributed by atoms with E-state index in [2.05, 4.69) is 21.0 Å². The van der Waals surface area contributed by atoms with Gasteiger partial charge in [0.2, 0.25) is 0 Å². The largest absolute Gasteiger partial charge is 0.493 e.